The normalized spacial score (nSPS) is 14.6. The monoisotopic (exact) mass is 444 g/mol. The van der Waals surface area contributed by atoms with Crippen molar-refractivity contribution in [1.29, 1.82) is 0 Å². The Morgan fingerprint density at radius 3 is 2.85 bits per heavy atom. The predicted molar refractivity (Wildman–Crippen MR) is 129 cm³/mol. The zero-order valence-electron chi connectivity index (χ0n) is 18.8. The first kappa shape index (κ1) is 21.4. The van der Waals surface area contributed by atoms with Crippen molar-refractivity contribution in [2.75, 3.05) is 45.2 Å². The Bertz CT molecular complexity index is 1250. The summed E-state index contributed by atoms with van der Waals surface area (Å²) in [4.78, 5) is 19.2. The molecular formula is C25H28N6O2. The predicted octanol–water partition coefficient (Wildman–Crippen LogP) is 3.68. The van der Waals surface area contributed by atoms with Gasteiger partial charge in [-0.15, -0.1) is 0 Å². The van der Waals surface area contributed by atoms with Gasteiger partial charge in [0.25, 0.3) is 0 Å². The van der Waals surface area contributed by atoms with E-state index in [-0.39, 0.29) is 0 Å². The fraction of sp³-hybridized carbons (Fsp3) is 0.320. The van der Waals surface area contributed by atoms with Crippen LogP contribution in [-0.4, -0.2) is 64.3 Å². The van der Waals surface area contributed by atoms with Crippen LogP contribution in [0.2, 0.25) is 0 Å². The molecule has 5 rings (SSSR count). The molecule has 4 aromatic rings. The van der Waals surface area contributed by atoms with Crippen molar-refractivity contribution in [3.05, 3.63) is 54.6 Å². The van der Waals surface area contributed by atoms with E-state index in [0.717, 1.165) is 78.4 Å². The number of fused-ring (bicyclic) bond motifs is 1. The van der Waals surface area contributed by atoms with Crippen LogP contribution >= 0.6 is 0 Å². The van der Waals surface area contributed by atoms with Crippen molar-refractivity contribution in [1.82, 2.24) is 24.8 Å². The Morgan fingerprint density at radius 2 is 2.00 bits per heavy atom. The highest BCUT2D eigenvalue weighted by atomic mass is 16.5. The molecule has 0 spiro atoms. The van der Waals surface area contributed by atoms with E-state index >= 15 is 0 Å². The molecule has 8 heteroatoms. The van der Waals surface area contributed by atoms with E-state index < -0.39 is 0 Å². The molecule has 0 amide bonds. The summed E-state index contributed by atoms with van der Waals surface area (Å²) in [6, 6.07) is 11.9. The van der Waals surface area contributed by atoms with Crippen LogP contribution in [0.5, 0.6) is 5.75 Å². The molecule has 0 bridgehead atoms. The average Bonchev–Trinajstić information content (AvgIpc) is 3.26. The van der Waals surface area contributed by atoms with Gasteiger partial charge in [0.2, 0.25) is 0 Å². The van der Waals surface area contributed by atoms with Crippen LogP contribution in [0, 0.1) is 6.92 Å². The van der Waals surface area contributed by atoms with Gasteiger partial charge in [0.1, 0.15) is 23.0 Å². The molecule has 1 aromatic carbocycles. The Hall–Kier alpha value is -3.49. The summed E-state index contributed by atoms with van der Waals surface area (Å²) in [5.41, 5.74) is 10.5. The van der Waals surface area contributed by atoms with Crippen LogP contribution < -0.4 is 10.5 Å². The molecule has 1 aliphatic rings. The van der Waals surface area contributed by atoms with E-state index in [0.29, 0.717) is 18.2 Å². The van der Waals surface area contributed by atoms with Crippen molar-refractivity contribution >= 4 is 16.9 Å². The number of ether oxygens (including phenoxy) is 2. The molecule has 3 aromatic heterocycles. The molecule has 33 heavy (non-hydrogen) atoms. The number of H-pyrrole nitrogens is 1. The molecule has 0 atom stereocenters. The largest absolute Gasteiger partial charge is 0.494 e. The average molecular weight is 445 g/mol. The number of anilines is 1. The van der Waals surface area contributed by atoms with Gasteiger partial charge in [-0.25, -0.2) is 15.0 Å². The summed E-state index contributed by atoms with van der Waals surface area (Å²) in [6.07, 6.45) is 4.64. The van der Waals surface area contributed by atoms with Gasteiger partial charge in [-0.05, 0) is 43.2 Å². The van der Waals surface area contributed by atoms with Crippen LogP contribution in [0.4, 0.5) is 5.82 Å². The first-order valence-corrected chi connectivity index (χ1v) is 11.3. The maximum Gasteiger partial charge on any atom is 0.142 e. The first-order valence-electron chi connectivity index (χ1n) is 11.3. The third-order valence-corrected chi connectivity index (χ3v) is 5.83. The van der Waals surface area contributed by atoms with E-state index in [9.17, 15) is 0 Å². The van der Waals surface area contributed by atoms with E-state index in [4.69, 9.17) is 20.2 Å². The van der Waals surface area contributed by atoms with Crippen molar-refractivity contribution in [2.45, 2.75) is 13.3 Å². The van der Waals surface area contributed by atoms with Crippen LogP contribution in [0.25, 0.3) is 33.4 Å². The SMILES string of the molecule is Cc1nc(-c2cccc(OCCCN3CCOCC3)c2)c2c(-c3ccnc(N)c3)c[nH]c2n1. The summed E-state index contributed by atoms with van der Waals surface area (Å²) in [7, 11) is 0. The molecule has 1 saturated heterocycles. The van der Waals surface area contributed by atoms with Gasteiger partial charge >= 0.3 is 0 Å². The number of hydrogen-bond donors (Lipinski definition) is 2. The number of pyridine rings is 1. The Morgan fingerprint density at radius 1 is 1.12 bits per heavy atom. The lowest BCUT2D eigenvalue weighted by atomic mass is 10.0. The number of benzene rings is 1. The zero-order valence-corrected chi connectivity index (χ0v) is 18.8. The van der Waals surface area contributed by atoms with Gasteiger partial charge in [0.15, 0.2) is 0 Å². The highest BCUT2D eigenvalue weighted by Crippen LogP contribution is 2.36. The smallest absolute Gasteiger partial charge is 0.142 e. The van der Waals surface area contributed by atoms with Gasteiger partial charge in [-0.3, -0.25) is 4.90 Å². The number of hydrogen-bond acceptors (Lipinski definition) is 7. The van der Waals surface area contributed by atoms with Crippen LogP contribution in [0.15, 0.2) is 48.8 Å². The van der Waals surface area contributed by atoms with Gasteiger partial charge in [0.05, 0.1) is 30.9 Å². The van der Waals surface area contributed by atoms with Crippen LogP contribution in [-0.2, 0) is 4.74 Å². The zero-order chi connectivity index (χ0) is 22.6. The molecule has 4 heterocycles. The third kappa shape index (κ3) is 4.81. The quantitative estimate of drug-likeness (QED) is 0.419. The van der Waals surface area contributed by atoms with Gasteiger partial charge in [-0.1, -0.05) is 12.1 Å². The second-order valence-electron chi connectivity index (χ2n) is 8.20. The summed E-state index contributed by atoms with van der Waals surface area (Å²) in [6.45, 7) is 7.24. The number of aromatic nitrogens is 4. The standard InChI is InChI=1S/C25H28N6O2/c1-17-29-24(23-21(16-28-25(23)30-17)18-6-7-27-22(26)15-18)19-4-2-5-20(14-19)33-11-3-8-31-9-12-32-13-10-31/h2,4-7,14-16H,3,8-13H2,1H3,(H2,26,27)(H,28,29,30). The second kappa shape index (κ2) is 9.56. The molecule has 8 nitrogen and oxygen atoms in total. The number of nitrogen functional groups attached to an aromatic ring is 1. The fourth-order valence-corrected chi connectivity index (χ4v) is 4.23. The molecule has 3 N–H and O–H groups in total. The summed E-state index contributed by atoms with van der Waals surface area (Å²) >= 11 is 0. The number of aryl methyl sites for hydroxylation is 1. The highest BCUT2D eigenvalue weighted by Gasteiger charge is 2.16. The van der Waals surface area contributed by atoms with Gasteiger partial charge < -0.3 is 20.2 Å². The summed E-state index contributed by atoms with van der Waals surface area (Å²) < 4.78 is 11.5. The minimum absolute atomic E-state index is 0.476. The van der Waals surface area contributed by atoms with Crippen molar-refractivity contribution in [2.24, 2.45) is 0 Å². The molecule has 0 radical (unpaired) electrons. The maximum absolute atomic E-state index is 6.08. The maximum atomic E-state index is 6.08. The number of morpholine rings is 1. The molecule has 0 unspecified atom stereocenters. The minimum Gasteiger partial charge on any atom is -0.494 e. The number of aromatic amines is 1. The fourth-order valence-electron chi connectivity index (χ4n) is 4.23. The van der Waals surface area contributed by atoms with Crippen LogP contribution in [0.1, 0.15) is 12.2 Å². The topological polar surface area (TPSA) is 102 Å². The molecule has 1 fully saturated rings. The van der Waals surface area contributed by atoms with Crippen molar-refractivity contribution < 1.29 is 9.47 Å². The van der Waals surface area contributed by atoms with Gasteiger partial charge in [-0.2, -0.15) is 0 Å². The Labute approximate surface area is 192 Å². The lowest BCUT2D eigenvalue weighted by molar-refractivity contribution is 0.0358. The molecule has 0 aliphatic carbocycles. The lowest BCUT2D eigenvalue weighted by Gasteiger charge is -2.26. The minimum atomic E-state index is 0.476. The van der Waals surface area contributed by atoms with E-state index in [2.05, 4.69) is 25.9 Å². The Kier molecular flexibility index (Phi) is 6.19. The molecule has 0 saturated carbocycles. The summed E-state index contributed by atoms with van der Waals surface area (Å²) in [5.74, 6) is 2.02. The number of rotatable bonds is 7. The third-order valence-electron chi connectivity index (χ3n) is 5.83. The highest BCUT2D eigenvalue weighted by molar-refractivity contribution is 6.02. The number of nitrogens with two attached hydrogens (primary N) is 1. The van der Waals surface area contributed by atoms with E-state index in [1.807, 2.05) is 43.5 Å². The number of nitrogens with one attached hydrogen (secondary N) is 1. The molecule has 170 valence electrons. The van der Waals surface area contributed by atoms with E-state index in [1.54, 1.807) is 6.20 Å². The first-order chi connectivity index (χ1) is 16.2. The van der Waals surface area contributed by atoms with Crippen molar-refractivity contribution in [3.8, 4) is 28.1 Å². The van der Waals surface area contributed by atoms with Gasteiger partial charge in [0, 0.05) is 43.2 Å². The Balaban J connectivity index is 1.40. The van der Waals surface area contributed by atoms with E-state index in [1.165, 1.54) is 0 Å². The lowest BCUT2D eigenvalue weighted by Crippen LogP contribution is -2.37. The van der Waals surface area contributed by atoms with Crippen LogP contribution in [0.3, 0.4) is 0 Å². The van der Waals surface area contributed by atoms with Crippen molar-refractivity contribution in [3.63, 3.8) is 0 Å². The second-order valence-corrected chi connectivity index (χ2v) is 8.20. The molecule has 1 aliphatic heterocycles. The number of nitrogens with zero attached hydrogens (tertiary/aromatic N) is 4. The molecular weight excluding hydrogens is 416 g/mol. The summed E-state index contributed by atoms with van der Waals surface area (Å²) in [5, 5.41) is 0.954.